The minimum absolute atomic E-state index is 0.334. The summed E-state index contributed by atoms with van der Waals surface area (Å²) in [6.45, 7) is 4.34. The van der Waals surface area contributed by atoms with E-state index in [1.807, 2.05) is 7.05 Å². The van der Waals surface area contributed by atoms with Crippen molar-refractivity contribution >= 4 is 16.0 Å². The fourth-order valence-electron chi connectivity index (χ4n) is 2.73. The highest BCUT2D eigenvalue weighted by Gasteiger charge is 2.28. The summed E-state index contributed by atoms with van der Waals surface area (Å²) in [4.78, 5) is 6.34. The van der Waals surface area contributed by atoms with Crippen LogP contribution in [0.25, 0.3) is 0 Å². The van der Waals surface area contributed by atoms with Crippen molar-refractivity contribution in [2.24, 2.45) is 16.8 Å². The zero-order chi connectivity index (χ0) is 16.9. The number of nitrogens with zero attached hydrogens (tertiary/aromatic N) is 3. The van der Waals surface area contributed by atoms with Crippen LogP contribution in [0.2, 0.25) is 0 Å². The molecule has 134 valence electrons. The number of aliphatic imine (C=N–C) groups is 1. The zero-order valence-electron chi connectivity index (χ0n) is 14.5. The molecule has 2 rings (SSSR count). The van der Waals surface area contributed by atoms with Crippen LogP contribution in [0.4, 0.5) is 0 Å². The Hall–Kier alpha value is -0.860. The van der Waals surface area contributed by atoms with Crippen molar-refractivity contribution in [2.75, 3.05) is 59.7 Å². The van der Waals surface area contributed by atoms with E-state index in [9.17, 15) is 8.42 Å². The molecule has 1 saturated heterocycles. The van der Waals surface area contributed by atoms with Gasteiger partial charge in [-0.25, -0.2) is 12.7 Å². The Morgan fingerprint density at radius 2 is 2.09 bits per heavy atom. The minimum atomic E-state index is -3.06. The second kappa shape index (κ2) is 8.30. The van der Waals surface area contributed by atoms with Crippen molar-refractivity contribution in [3.63, 3.8) is 0 Å². The van der Waals surface area contributed by atoms with Crippen LogP contribution in [0, 0.1) is 11.8 Å². The number of sulfonamides is 1. The molecule has 0 aromatic heterocycles. The molecule has 0 aromatic carbocycles. The molecule has 2 aliphatic rings. The lowest BCUT2D eigenvalue weighted by atomic mass is 10.1. The molecule has 1 aliphatic carbocycles. The van der Waals surface area contributed by atoms with Crippen LogP contribution < -0.4 is 5.32 Å². The molecule has 23 heavy (non-hydrogen) atoms. The Balaban J connectivity index is 1.65. The van der Waals surface area contributed by atoms with Gasteiger partial charge in [0.2, 0.25) is 10.0 Å². The summed E-state index contributed by atoms with van der Waals surface area (Å²) in [6.07, 6.45) is 4.79. The Morgan fingerprint density at radius 3 is 2.65 bits per heavy atom. The average Bonchev–Trinajstić information content (AvgIpc) is 3.18. The van der Waals surface area contributed by atoms with E-state index < -0.39 is 10.0 Å². The fraction of sp³-hybridized carbons (Fsp3) is 0.933. The van der Waals surface area contributed by atoms with Crippen LogP contribution in [0.5, 0.6) is 0 Å². The molecule has 1 N–H and O–H groups in total. The number of ether oxygens (including phenoxy) is 1. The third kappa shape index (κ3) is 6.27. The summed E-state index contributed by atoms with van der Waals surface area (Å²) >= 11 is 0. The quantitative estimate of drug-likeness (QED) is 0.386. The molecule has 0 bridgehead atoms. The molecular formula is C15H30N4O3S. The number of likely N-dealkylation sites (N-methyl/N-ethyl adjacent to an activating group) is 1. The van der Waals surface area contributed by atoms with Gasteiger partial charge in [-0.1, -0.05) is 0 Å². The van der Waals surface area contributed by atoms with E-state index in [2.05, 4.69) is 15.2 Å². The van der Waals surface area contributed by atoms with Gasteiger partial charge in [0.1, 0.15) is 0 Å². The standard InChI is InChI=1S/C15H30N4O3S/c1-16-15(18(2)8-9-22-12-13-4-5-13)17-10-14-6-7-19(11-14)23(3,20)21/h13-14H,4-12H2,1-3H3,(H,16,17). The lowest BCUT2D eigenvalue weighted by molar-refractivity contribution is 0.115. The summed E-state index contributed by atoms with van der Waals surface area (Å²) in [5.41, 5.74) is 0. The van der Waals surface area contributed by atoms with Gasteiger partial charge in [0.05, 0.1) is 12.9 Å². The summed E-state index contributed by atoms with van der Waals surface area (Å²) in [7, 11) is 0.694. The van der Waals surface area contributed by atoms with E-state index in [1.54, 1.807) is 11.4 Å². The van der Waals surface area contributed by atoms with Crippen molar-refractivity contribution in [2.45, 2.75) is 19.3 Å². The zero-order valence-corrected chi connectivity index (χ0v) is 15.3. The molecule has 0 radical (unpaired) electrons. The van der Waals surface area contributed by atoms with Gasteiger partial charge < -0.3 is 15.0 Å². The maximum absolute atomic E-state index is 11.5. The number of hydrogen-bond donors (Lipinski definition) is 1. The highest BCUT2D eigenvalue weighted by Crippen LogP contribution is 2.28. The average molecular weight is 346 g/mol. The van der Waals surface area contributed by atoms with Gasteiger partial charge in [0.25, 0.3) is 0 Å². The minimum Gasteiger partial charge on any atom is -0.379 e. The van der Waals surface area contributed by atoms with Crippen LogP contribution in [-0.2, 0) is 14.8 Å². The van der Waals surface area contributed by atoms with E-state index >= 15 is 0 Å². The molecule has 1 saturated carbocycles. The Kier molecular flexibility index (Phi) is 6.67. The van der Waals surface area contributed by atoms with Crippen LogP contribution >= 0.6 is 0 Å². The van der Waals surface area contributed by atoms with Crippen molar-refractivity contribution in [3.05, 3.63) is 0 Å². The highest BCUT2D eigenvalue weighted by molar-refractivity contribution is 7.88. The fourth-order valence-corrected chi connectivity index (χ4v) is 3.65. The second-order valence-corrected chi connectivity index (χ2v) is 8.63. The van der Waals surface area contributed by atoms with E-state index in [0.29, 0.717) is 25.6 Å². The first-order chi connectivity index (χ1) is 10.9. The Morgan fingerprint density at radius 1 is 1.35 bits per heavy atom. The predicted octanol–water partition coefficient (Wildman–Crippen LogP) is 0.202. The smallest absolute Gasteiger partial charge is 0.211 e. The van der Waals surface area contributed by atoms with E-state index in [-0.39, 0.29) is 0 Å². The van der Waals surface area contributed by atoms with Crippen molar-refractivity contribution in [3.8, 4) is 0 Å². The first kappa shape index (κ1) is 18.5. The number of hydrogen-bond acceptors (Lipinski definition) is 4. The summed E-state index contributed by atoms with van der Waals surface area (Å²) in [5, 5.41) is 3.34. The molecule has 0 amide bonds. The van der Waals surface area contributed by atoms with Gasteiger partial charge in [-0.2, -0.15) is 0 Å². The van der Waals surface area contributed by atoms with Crippen LogP contribution in [-0.4, -0.2) is 83.3 Å². The van der Waals surface area contributed by atoms with Gasteiger partial charge in [-0.15, -0.1) is 0 Å². The molecule has 2 fully saturated rings. The summed E-state index contributed by atoms with van der Waals surface area (Å²) in [5.74, 6) is 1.96. The third-order valence-corrected chi connectivity index (χ3v) is 5.73. The molecule has 8 heteroatoms. The largest absolute Gasteiger partial charge is 0.379 e. The SMILES string of the molecule is CN=C(NCC1CCN(S(C)(=O)=O)C1)N(C)CCOCC1CC1. The third-order valence-electron chi connectivity index (χ3n) is 4.46. The molecule has 0 aromatic rings. The lowest BCUT2D eigenvalue weighted by Crippen LogP contribution is -2.42. The molecule has 1 unspecified atom stereocenters. The molecular weight excluding hydrogens is 316 g/mol. The maximum Gasteiger partial charge on any atom is 0.211 e. The monoisotopic (exact) mass is 346 g/mol. The van der Waals surface area contributed by atoms with E-state index in [4.69, 9.17) is 4.74 Å². The van der Waals surface area contributed by atoms with Gasteiger partial charge in [0.15, 0.2) is 5.96 Å². The highest BCUT2D eigenvalue weighted by atomic mass is 32.2. The van der Waals surface area contributed by atoms with Crippen LogP contribution in [0.1, 0.15) is 19.3 Å². The van der Waals surface area contributed by atoms with Gasteiger partial charge in [-0.05, 0) is 31.1 Å². The first-order valence-corrected chi connectivity index (χ1v) is 10.2. The molecule has 1 aliphatic heterocycles. The summed E-state index contributed by atoms with van der Waals surface area (Å²) < 4.78 is 30.3. The Labute approximate surface area is 140 Å². The molecule has 1 atom stereocenters. The lowest BCUT2D eigenvalue weighted by Gasteiger charge is -2.23. The van der Waals surface area contributed by atoms with Crippen LogP contribution in [0.3, 0.4) is 0 Å². The normalized spacial score (nSPS) is 23.3. The second-order valence-electron chi connectivity index (χ2n) is 6.64. The molecule has 7 nitrogen and oxygen atoms in total. The number of nitrogens with one attached hydrogen (secondary N) is 1. The van der Waals surface area contributed by atoms with Gasteiger partial charge in [-0.3, -0.25) is 4.99 Å². The van der Waals surface area contributed by atoms with Crippen molar-refractivity contribution in [1.29, 1.82) is 0 Å². The topological polar surface area (TPSA) is 74.2 Å². The van der Waals surface area contributed by atoms with Crippen molar-refractivity contribution < 1.29 is 13.2 Å². The Bertz CT molecular complexity index is 505. The predicted molar refractivity (Wildman–Crippen MR) is 92.1 cm³/mol. The number of rotatable bonds is 8. The number of guanidine groups is 1. The van der Waals surface area contributed by atoms with Crippen molar-refractivity contribution in [1.82, 2.24) is 14.5 Å². The summed E-state index contributed by atoms with van der Waals surface area (Å²) in [6, 6.07) is 0. The molecule has 1 heterocycles. The van der Waals surface area contributed by atoms with E-state index in [0.717, 1.165) is 38.0 Å². The molecule has 0 spiro atoms. The van der Waals surface area contributed by atoms with Gasteiger partial charge >= 0.3 is 0 Å². The maximum atomic E-state index is 11.5. The van der Waals surface area contributed by atoms with E-state index in [1.165, 1.54) is 19.1 Å². The van der Waals surface area contributed by atoms with Crippen LogP contribution in [0.15, 0.2) is 4.99 Å². The first-order valence-electron chi connectivity index (χ1n) is 8.34. The van der Waals surface area contributed by atoms with Gasteiger partial charge in [0, 0.05) is 46.9 Å².